The molecule has 0 saturated heterocycles. The Bertz CT molecular complexity index is 107. The van der Waals surface area contributed by atoms with Crippen molar-refractivity contribution in [1.29, 1.82) is 0 Å². The second-order valence-electron chi connectivity index (χ2n) is 3.75. The van der Waals surface area contributed by atoms with Gasteiger partial charge in [-0.25, -0.2) is 8.78 Å². The quantitative estimate of drug-likeness (QED) is 0.680. The van der Waals surface area contributed by atoms with Gasteiger partial charge in [0.15, 0.2) is 0 Å². The highest BCUT2D eigenvalue weighted by Gasteiger charge is 2.34. The monoisotopic (exact) mass is 165 g/mol. The number of hydrogen-bond acceptors (Lipinski definition) is 1. The van der Waals surface area contributed by atoms with Crippen molar-refractivity contribution >= 4 is 0 Å². The standard InChI is InChI=1S/C8H17F2N/c1-4-7(2,3)5-8(9,10)6-11/h4-6,11H2,1-3H3. The van der Waals surface area contributed by atoms with Crippen molar-refractivity contribution < 1.29 is 8.78 Å². The number of hydrogen-bond donors (Lipinski definition) is 1. The van der Waals surface area contributed by atoms with Crippen LogP contribution >= 0.6 is 0 Å². The summed E-state index contributed by atoms with van der Waals surface area (Å²) in [5, 5.41) is 0. The minimum absolute atomic E-state index is 0.118. The fourth-order valence-electron chi connectivity index (χ4n) is 0.897. The van der Waals surface area contributed by atoms with Gasteiger partial charge in [-0.3, -0.25) is 0 Å². The van der Waals surface area contributed by atoms with E-state index in [1.165, 1.54) is 0 Å². The molecule has 0 aliphatic carbocycles. The van der Waals surface area contributed by atoms with Crippen LogP contribution in [0.5, 0.6) is 0 Å². The average Bonchev–Trinajstić information content (AvgIpc) is 1.86. The number of nitrogens with two attached hydrogens (primary N) is 1. The van der Waals surface area contributed by atoms with Gasteiger partial charge in [0, 0.05) is 6.42 Å². The van der Waals surface area contributed by atoms with Gasteiger partial charge in [-0.1, -0.05) is 27.2 Å². The molecule has 0 aromatic carbocycles. The van der Waals surface area contributed by atoms with Crippen LogP contribution in [0.1, 0.15) is 33.6 Å². The predicted octanol–water partition coefficient (Wildman–Crippen LogP) is 2.41. The van der Waals surface area contributed by atoms with Crippen molar-refractivity contribution in [2.45, 2.75) is 39.5 Å². The maximum atomic E-state index is 12.7. The molecule has 0 atom stereocenters. The Labute approximate surface area is 67.0 Å². The van der Waals surface area contributed by atoms with Crippen LogP contribution < -0.4 is 5.73 Å². The summed E-state index contributed by atoms with van der Waals surface area (Å²) in [5.74, 6) is -2.69. The predicted molar refractivity (Wildman–Crippen MR) is 42.7 cm³/mol. The topological polar surface area (TPSA) is 26.0 Å². The van der Waals surface area contributed by atoms with Crippen LogP contribution in [0.25, 0.3) is 0 Å². The Morgan fingerprint density at radius 1 is 1.27 bits per heavy atom. The van der Waals surface area contributed by atoms with Crippen LogP contribution in [0, 0.1) is 5.41 Å². The minimum Gasteiger partial charge on any atom is -0.325 e. The fraction of sp³-hybridized carbons (Fsp3) is 1.00. The first kappa shape index (κ1) is 10.8. The molecule has 0 spiro atoms. The van der Waals surface area contributed by atoms with Crippen LogP contribution in [0.3, 0.4) is 0 Å². The summed E-state index contributed by atoms with van der Waals surface area (Å²) in [7, 11) is 0. The van der Waals surface area contributed by atoms with Crippen molar-refractivity contribution in [3.05, 3.63) is 0 Å². The first-order valence-electron chi connectivity index (χ1n) is 3.91. The summed E-state index contributed by atoms with van der Waals surface area (Å²) in [6.45, 7) is 5.02. The lowest BCUT2D eigenvalue weighted by molar-refractivity contribution is -0.0310. The molecule has 0 unspecified atom stereocenters. The lowest BCUT2D eigenvalue weighted by Gasteiger charge is -2.27. The second-order valence-corrected chi connectivity index (χ2v) is 3.75. The molecule has 2 N–H and O–H groups in total. The number of rotatable bonds is 4. The summed E-state index contributed by atoms with van der Waals surface area (Å²) in [6, 6.07) is 0. The summed E-state index contributed by atoms with van der Waals surface area (Å²) in [6.07, 6.45) is 0.635. The largest absolute Gasteiger partial charge is 0.325 e. The maximum Gasteiger partial charge on any atom is 0.260 e. The van der Waals surface area contributed by atoms with E-state index in [4.69, 9.17) is 5.73 Å². The first-order valence-corrected chi connectivity index (χ1v) is 3.91. The van der Waals surface area contributed by atoms with Crippen molar-refractivity contribution in [3.8, 4) is 0 Å². The minimum atomic E-state index is -2.69. The molecule has 3 heteroatoms. The maximum absolute atomic E-state index is 12.7. The number of halogens is 2. The molecule has 0 aromatic heterocycles. The molecule has 0 fully saturated rings. The van der Waals surface area contributed by atoms with Gasteiger partial charge in [0.25, 0.3) is 5.92 Å². The molecule has 0 amide bonds. The molecular weight excluding hydrogens is 148 g/mol. The van der Waals surface area contributed by atoms with Gasteiger partial charge in [-0.2, -0.15) is 0 Å². The van der Waals surface area contributed by atoms with E-state index in [0.717, 1.165) is 6.42 Å². The third-order valence-corrected chi connectivity index (χ3v) is 1.99. The molecular formula is C8H17F2N. The van der Waals surface area contributed by atoms with Gasteiger partial charge < -0.3 is 5.73 Å². The van der Waals surface area contributed by atoms with E-state index in [-0.39, 0.29) is 11.8 Å². The molecule has 0 radical (unpaired) electrons. The highest BCUT2D eigenvalue weighted by molar-refractivity contribution is 4.77. The van der Waals surface area contributed by atoms with E-state index < -0.39 is 12.5 Å². The summed E-state index contributed by atoms with van der Waals surface area (Å²) >= 11 is 0. The highest BCUT2D eigenvalue weighted by Crippen LogP contribution is 2.33. The van der Waals surface area contributed by atoms with Crippen LogP contribution in [0.15, 0.2) is 0 Å². The van der Waals surface area contributed by atoms with Crippen LogP contribution in [-0.4, -0.2) is 12.5 Å². The molecule has 0 aliphatic heterocycles. The zero-order valence-electron chi connectivity index (χ0n) is 7.45. The smallest absolute Gasteiger partial charge is 0.260 e. The van der Waals surface area contributed by atoms with E-state index in [1.807, 2.05) is 20.8 Å². The highest BCUT2D eigenvalue weighted by atomic mass is 19.3. The Kier molecular flexibility index (Phi) is 3.42. The third kappa shape index (κ3) is 4.30. The van der Waals surface area contributed by atoms with Crippen molar-refractivity contribution in [1.82, 2.24) is 0 Å². The van der Waals surface area contributed by atoms with E-state index in [2.05, 4.69) is 0 Å². The lowest BCUT2D eigenvalue weighted by Crippen LogP contribution is -2.33. The number of alkyl halides is 2. The average molecular weight is 165 g/mol. The van der Waals surface area contributed by atoms with Gasteiger partial charge in [-0.15, -0.1) is 0 Å². The molecule has 0 saturated carbocycles. The Morgan fingerprint density at radius 3 is 2.00 bits per heavy atom. The van der Waals surface area contributed by atoms with Crippen LogP contribution in [0.4, 0.5) is 8.78 Å². The van der Waals surface area contributed by atoms with E-state index >= 15 is 0 Å². The molecule has 0 bridgehead atoms. The second kappa shape index (κ2) is 3.48. The van der Waals surface area contributed by atoms with Crippen molar-refractivity contribution in [2.24, 2.45) is 11.1 Å². The summed E-state index contributed by atoms with van der Waals surface area (Å²) < 4.78 is 25.4. The zero-order valence-corrected chi connectivity index (χ0v) is 7.45. The summed E-state index contributed by atoms with van der Waals surface area (Å²) in [5.41, 5.74) is 4.62. The SMILES string of the molecule is CCC(C)(C)CC(F)(F)CN. The Hall–Kier alpha value is -0.180. The fourth-order valence-corrected chi connectivity index (χ4v) is 0.897. The Morgan fingerprint density at radius 2 is 1.73 bits per heavy atom. The molecule has 1 nitrogen and oxygen atoms in total. The molecule has 11 heavy (non-hydrogen) atoms. The molecule has 0 heterocycles. The van der Waals surface area contributed by atoms with E-state index in [9.17, 15) is 8.78 Å². The van der Waals surface area contributed by atoms with Gasteiger partial charge in [0.1, 0.15) is 0 Å². The van der Waals surface area contributed by atoms with Crippen LogP contribution in [0.2, 0.25) is 0 Å². The van der Waals surface area contributed by atoms with E-state index in [0.29, 0.717) is 0 Å². The lowest BCUT2D eigenvalue weighted by atomic mass is 9.84. The van der Waals surface area contributed by atoms with Crippen molar-refractivity contribution in [2.75, 3.05) is 6.54 Å². The molecule has 0 rings (SSSR count). The van der Waals surface area contributed by atoms with Crippen molar-refractivity contribution in [3.63, 3.8) is 0 Å². The molecule has 0 aliphatic rings. The zero-order chi connectivity index (χ0) is 9.12. The van der Waals surface area contributed by atoms with E-state index in [1.54, 1.807) is 0 Å². The van der Waals surface area contributed by atoms with Crippen LogP contribution in [-0.2, 0) is 0 Å². The Balaban J connectivity index is 4.02. The normalized spacial score (nSPS) is 13.6. The van der Waals surface area contributed by atoms with Gasteiger partial charge in [0.2, 0.25) is 0 Å². The first-order chi connectivity index (χ1) is 4.83. The molecule has 0 aromatic rings. The summed E-state index contributed by atoms with van der Waals surface area (Å²) in [4.78, 5) is 0. The third-order valence-electron chi connectivity index (χ3n) is 1.99. The van der Waals surface area contributed by atoms with Gasteiger partial charge in [0.05, 0.1) is 6.54 Å². The van der Waals surface area contributed by atoms with Gasteiger partial charge >= 0.3 is 0 Å². The molecule has 68 valence electrons. The van der Waals surface area contributed by atoms with Gasteiger partial charge in [-0.05, 0) is 5.41 Å².